The number of carbonyl (C=O) groups excluding carboxylic acids is 1. The molecular weight excluding hydrogens is 434 g/mol. The molecule has 0 aromatic heterocycles. The molecule has 0 atom stereocenters. The molecule has 2 amide bonds. The van der Waals surface area contributed by atoms with Crippen LogP contribution in [-0.4, -0.2) is 43.4 Å². The van der Waals surface area contributed by atoms with Gasteiger partial charge in [-0.3, -0.25) is 0 Å². The summed E-state index contributed by atoms with van der Waals surface area (Å²) >= 11 is 6.21. The summed E-state index contributed by atoms with van der Waals surface area (Å²) in [6, 6.07) is 5.06. The second-order valence-electron chi connectivity index (χ2n) is 10.4. The molecule has 31 heavy (non-hydrogen) atoms. The van der Waals surface area contributed by atoms with Crippen LogP contribution in [0.4, 0.5) is 4.79 Å². The average molecular weight is 466 g/mol. The van der Waals surface area contributed by atoms with E-state index in [1.54, 1.807) is 25.1 Å². The van der Waals surface area contributed by atoms with Crippen LogP contribution in [0.3, 0.4) is 0 Å². The number of nitrogens with one attached hydrogen (secondary N) is 2. The molecule has 4 aliphatic carbocycles. The highest BCUT2D eigenvalue weighted by atomic mass is 35.5. The van der Waals surface area contributed by atoms with E-state index in [2.05, 4.69) is 10.6 Å². The van der Waals surface area contributed by atoms with Crippen LogP contribution in [0.15, 0.2) is 23.1 Å². The van der Waals surface area contributed by atoms with E-state index in [1.165, 1.54) is 23.6 Å². The van der Waals surface area contributed by atoms with Crippen molar-refractivity contribution < 1.29 is 13.2 Å². The predicted octanol–water partition coefficient (Wildman–Crippen LogP) is 4.07. The number of benzene rings is 1. The van der Waals surface area contributed by atoms with Crippen LogP contribution in [-0.2, 0) is 10.0 Å². The maximum absolute atomic E-state index is 13.1. The quantitative estimate of drug-likeness (QED) is 0.703. The first-order valence-electron chi connectivity index (χ1n) is 11.6. The van der Waals surface area contributed by atoms with Crippen LogP contribution >= 0.6 is 11.6 Å². The Morgan fingerprint density at radius 1 is 1.06 bits per heavy atom. The van der Waals surface area contributed by atoms with Crippen molar-refractivity contribution in [2.24, 2.45) is 17.8 Å². The molecule has 1 aromatic carbocycles. The van der Waals surface area contributed by atoms with Gasteiger partial charge in [0.05, 0.1) is 5.02 Å². The number of nitrogens with zero attached hydrogens (tertiary/aromatic N) is 1. The fourth-order valence-electron chi connectivity index (χ4n) is 7.04. The third kappa shape index (κ3) is 4.09. The standard InChI is InChI=1S/C23H32ClN3O3S/c1-15-3-2-4-20(24)21(15)31(29,30)27-7-5-19(6-8-27)25-22(28)26-23-12-16-9-17(13-23)11-18(10-16)14-23/h2-4,16-19H,5-14H2,1H3,(H2,25,26,28). The first kappa shape index (κ1) is 21.5. The zero-order valence-electron chi connectivity index (χ0n) is 18.1. The van der Waals surface area contributed by atoms with Crippen LogP contribution in [0.5, 0.6) is 0 Å². The van der Waals surface area contributed by atoms with Crippen LogP contribution in [0.25, 0.3) is 0 Å². The molecule has 6 rings (SSSR count). The van der Waals surface area contributed by atoms with E-state index in [4.69, 9.17) is 11.6 Å². The molecule has 2 N–H and O–H groups in total. The van der Waals surface area contributed by atoms with Gasteiger partial charge in [-0.25, -0.2) is 13.2 Å². The van der Waals surface area contributed by atoms with Crippen molar-refractivity contribution in [2.45, 2.75) is 74.8 Å². The molecule has 4 saturated carbocycles. The van der Waals surface area contributed by atoms with Crippen molar-refractivity contribution in [1.82, 2.24) is 14.9 Å². The van der Waals surface area contributed by atoms with Crippen molar-refractivity contribution >= 4 is 27.7 Å². The minimum absolute atomic E-state index is 0.00675. The highest BCUT2D eigenvalue weighted by Gasteiger charge is 2.51. The van der Waals surface area contributed by atoms with Crippen molar-refractivity contribution in [1.29, 1.82) is 0 Å². The van der Waals surface area contributed by atoms with E-state index in [1.807, 2.05) is 0 Å². The molecule has 170 valence electrons. The van der Waals surface area contributed by atoms with Crippen molar-refractivity contribution in [3.63, 3.8) is 0 Å². The Balaban J connectivity index is 1.17. The fraction of sp³-hybridized carbons (Fsp3) is 0.696. The molecule has 1 heterocycles. The molecular formula is C23H32ClN3O3S. The summed E-state index contributed by atoms with van der Waals surface area (Å²) in [4.78, 5) is 13.0. The number of sulfonamides is 1. The first-order valence-corrected chi connectivity index (χ1v) is 13.4. The van der Waals surface area contributed by atoms with Gasteiger partial charge in [-0.1, -0.05) is 23.7 Å². The minimum Gasteiger partial charge on any atom is -0.335 e. The molecule has 5 aliphatic rings. The van der Waals surface area contributed by atoms with Gasteiger partial charge in [-0.05, 0) is 87.7 Å². The number of urea groups is 1. The maximum Gasteiger partial charge on any atom is 0.315 e. The number of halogens is 1. The molecule has 8 heteroatoms. The third-order valence-corrected chi connectivity index (χ3v) is 10.5. The van der Waals surface area contributed by atoms with Gasteiger partial charge >= 0.3 is 6.03 Å². The van der Waals surface area contributed by atoms with Gasteiger partial charge < -0.3 is 10.6 Å². The van der Waals surface area contributed by atoms with E-state index < -0.39 is 10.0 Å². The van der Waals surface area contributed by atoms with E-state index in [0.29, 0.717) is 31.5 Å². The second-order valence-corrected chi connectivity index (χ2v) is 12.6. The van der Waals surface area contributed by atoms with Crippen molar-refractivity contribution in [3.8, 4) is 0 Å². The second kappa shape index (κ2) is 7.92. The van der Waals surface area contributed by atoms with Crippen molar-refractivity contribution in [3.05, 3.63) is 28.8 Å². The summed E-state index contributed by atoms with van der Waals surface area (Å²) < 4.78 is 27.7. The Kier molecular flexibility index (Phi) is 5.50. The zero-order valence-corrected chi connectivity index (χ0v) is 19.6. The monoisotopic (exact) mass is 465 g/mol. The summed E-state index contributed by atoms with van der Waals surface area (Å²) in [6.45, 7) is 2.53. The number of hydrogen-bond donors (Lipinski definition) is 2. The normalized spacial score (nSPS) is 33.4. The molecule has 1 aromatic rings. The van der Waals surface area contributed by atoms with E-state index in [9.17, 15) is 13.2 Å². The number of amides is 2. The molecule has 0 spiro atoms. The van der Waals surface area contributed by atoms with Gasteiger partial charge in [0.2, 0.25) is 10.0 Å². The molecule has 1 aliphatic heterocycles. The number of aryl methyl sites for hydroxylation is 1. The Labute approximate surface area is 190 Å². The average Bonchev–Trinajstić information content (AvgIpc) is 2.66. The lowest BCUT2D eigenvalue weighted by Crippen LogP contribution is -2.62. The Morgan fingerprint density at radius 3 is 2.19 bits per heavy atom. The molecule has 6 nitrogen and oxygen atoms in total. The molecule has 0 unspecified atom stereocenters. The van der Waals surface area contributed by atoms with Gasteiger partial charge in [0, 0.05) is 24.7 Å². The summed E-state index contributed by atoms with van der Waals surface area (Å²) in [6.07, 6.45) is 8.64. The zero-order chi connectivity index (χ0) is 21.8. The predicted molar refractivity (Wildman–Crippen MR) is 121 cm³/mol. The summed E-state index contributed by atoms with van der Waals surface area (Å²) in [5.41, 5.74) is 0.646. The minimum atomic E-state index is -3.64. The topological polar surface area (TPSA) is 78.5 Å². The lowest BCUT2D eigenvalue weighted by molar-refractivity contribution is -0.0137. The lowest BCUT2D eigenvalue weighted by atomic mass is 9.53. The van der Waals surface area contributed by atoms with E-state index in [-0.39, 0.29) is 27.5 Å². The van der Waals surface area contributed by atoms with Gasteiger partial charge in [0.15, 0.2) is 0 Å². The SMILES string of the molecule is Cc1cccc(Cl)c1S(=O)(=O)N1CCC(NC(=O)NC23CC4CC(CC(C4)C2)C3)CC1. The van der Waals surface area contributed by atoms with Crippen LogP contribution < -0.4 is 10.6 Å². The summed E-state index contributed by atoms with van der Waals surface area (Å²) in [7, 11) is -3.64. The highest BCUT2D eigenvalue weighted by Crippen LogP contribution is 2.55. The van der Waals surface area contributed by atoms with E-state index in [0.717, 1.165) is 37.0 Å². The third-order valence-electron chi connectivity index (χ3n) is 7.97. The molecule has 0 radical (unpaired) electrons. The van der Waals surface area contributed by atoms with E-state index >= 15 is 0 Å². The molecule has 5 fully saturated rings. The number of piperidine rings is 1. The number of hydrogen-bond acceptors (Lipinski definition) is 3. The highest BCUT2D eigenvalue weighted by molar-refractivity contribution is 7.89. The van der Waals surface area contributed by atoms with Crippen LogP contribution in [0, 0.1) is 24.7 Å². The van der Waals surface area contributed by atoms with Crippen LogP contribution in [0.1, 0.15) is 56.9 Å². The molecule has 4 bridgehead atoms. The maximum atomic E-state index is 13.1. The number of carbonyl (C=O) groups is 1. The number of rotatable bonds is 4. The van der Waals surface area contributed by atoms with Gasteiger partial charge in [-0.2, -0.15) is 4.31 Å². The Bertz CT molecular complexity index is 917. The van der Waals surface area contributed by atoms with Crippen LogP contribution in [0.2, 0.25) is 5.02 Å². The molecule has 1 saturated heterocycles. The van der Waals surface area contributed by atoms with Crippen molar-refractivity contribution in [2.75, 3.05) is 13.1 Å². The lowest BCUT2D eigenvalue weighted by Gasteiger charge is -2.56. The Morgan fingerprint density at radius 2 is 1.65 bits per heavy atom. The van der Waals surface area contributed by atoms with Gasteiger partial charge in [0.25, 0.3) is 0 Å². The summed E-state index contributed by atoms with van der Waals surface area (Å²) in [5, 5.41) is 6.74. The van der Waals surface area contributed by atoms with Gasteiger partial charge in [-0.15, -0.1) is 0 Å². The summed E-state index contributed by atoms with van der Waals surface area (Å²) in [5.74, 6) is 2.36. The smallest absolute Gasteiger partial charge is 0.315 e. The fourth-order valence-corrected chi connectivity index (χ4v) is 9.29. The Hall–Kier alpha value is -1.31. The first-order chi connectivity index (χ1) is 14.7. The van der Waals surface area contributed by atoms with Gasteiger partial charge in [0.1, 0.15) is 4.90 Å². The largest absolute Gasteiger partial charge is 0.335 e.